The van der Waals surface area contributed by atoms with Crippen molar-refractivity contribution < 1.29 is 4.11 Å². The third-order valence-corrected chi connectivity index (χ3v) is 0.653. The van der Waals surface area contributed by atoms with Crippen LogP contribution in [0.1, 0.15) is 9.81 Å². The van der Waals surface area contributed by atoms with E-state index in [-0.39, 0.29) is 11.5 Å². The van der Waals surface area contributed by atoms with Crippen molar-refractivity contribution in [2.75, 3.05) is 5.73 Å². The van der Waals surface area contributed by atoms with E-state index in [4.69, 9.17) is 9.85 Å². The van der Waals surface area contributed by atoms with Gasteiger partial charge in [0.1, 0.15) is 5.82 Å². The van der Waals surface area contributed by atoms with Gasteiger partial charge >= 0.3 is 0 Å². The van der Waals surface area contributed by atoms with E-state index in [0.717, 1.165) is 0 Å². The van der Waals surface area contributed by atoms with E-state index in [1.54, 1.807) is 0 Å². The highest BCUT2D eigenvalue weighted by Crippen LogP contribution is 1.92. The lowest BCUT2D eigenvalue weighted by Crippen LogP contribution is -1.91. The molecule has 0 amide bonds. The molecule has 42 valence electrons. The normalized spacial score (nSPS) is 16.2. The maximum atomic E-state index is 6.94. The molecule has 0 spiro atoms. The largest absolute Gasteiger partial charge is 0.382 e. The van der Waals surface area contributed by atoms with Gasteiger partial charge in [0.25, 0.3) is 0 Å². The summed E-state index contributed by atoms with van der Waals surface area (Å²) in [7, 11) is 0. The molecule has 1 heterocycles. The summed E-state index contributed by atoms with van der Waals surface area (Å²) in [5, 5.41) is 0. The molecule has 3 nitrogen and oxygen atoms in total. The third-order valence-electron chi connectivity index (χ3n) is 0.653. The van der Waals surface area contributed by atoms with Crippen LogP contribution in [0.3, 0.4) is 0 Å². The Morgan fingerprint density at radius 3 is 3.12 bits per heavy atom. The number of hydrogen-bond donors (Lipinski definition) is 1. The molecular formula is C5H7N3. The Labute approximate surface area is 51.8 Å². The first kappa shape index (κ1) is 2.44. The lowest BCUT2D eigenvalue weighted by molar-refractivity contribution is 1.13. The van der Waals surface area contributed by atoms with Gasteiger partial charge in [-0.25, -0.2) is 4.98 Å². The van der Waals surface area contributed by atoms with Crippen LogP contribution in [0, 0.1) is 6.85 Å². The van der Waals surface area contributed by atoms with E-state index in [2.05, 4.69) is 9.97 Å². The predicted molar refractivity (Wildman–Crippen MR) is 31.2 cm³/mol. The van der Waals surface area contributed by atoms with Crippen LogP contribution in [-0.4, -0.2) is 9.97 Å². The highest BCUT2D eigenvalue weighted by molar-refractivity contribution is 5.23. The summed E-state index contributed by atoms with van der Waals surface area (Å²) in [4.78, 5) is 7.20. The minimum atomic E-state index is -2.22. The van der Waals surface area contributed by atoms with Gasteiger partial charge in [-0.3, -0.25) is 4.98 Å². The van der Waals surface area contributed by atoms with Gasteiger partial charge in [-0.15, -0.1) is 0 Å². The number of anilines is 1. The molecule has 1 rings (SSSR count). The molecule has 0 atom stereocenters. The number of hydrogen-bond acceptors (Lipinski definition) is 3. The van der Waals surface area contributed by atoms with Crippen LogP contribution < -0.4 is 5.73 Å². The second kappa shape index (κ2) is 1.78. The molecule has 0 aliphatic rings. The fourth-order valence-electron chi connectivity index (χ4n) is 0.381. The summed E-state index contributed by atoms with van der Waals surface area (Å²) in [5.41, 5.74) is 5.16. The lowest BCUT2D eigenvalue weighted by atomic mass is 10.5. The van der Waals surface area contributed by atoms with Gasteiger partial charge in [0.15, 0.2) is 0 Å². The zero-order chi connectivity index (χ0) is 8.48. The van der Waals surface area contributed by atoms with Crippen molar-refractivity contribution in [3.8, 4) is 0 Å². The Morgan fingerprint density at radius 1 is 1.75 bits per heavy atom. The quantitative estimate of drug-likeness (QED) is 0.527. The van der Waals surface area contributed by atoms with E-state index in [1.807, 2.05) is 0 Å². The predicted octanol–water partition coefficient (Wildman–Crippen LogP) is 0.367. The van der Waals surface area contributed by atoms with Crippen molar-refractivity contribution in [3.05, 3.63) is 18.1 Å². The number of nitrogens with zero attached hydrogens (tertiary/aromatic N) is 2. The van der Waals surface area contributed by atoms with Crippen LogP contribution in [0.4, 0.5) is 5.82 Å². The van der Waals surface area contributed by atoms with Gasteiger partial charge in [0.05, 0.1) is 11.9 Å². The van der Waals surface area contributed by atoms with E-state index >= 15 is 0 Å². The van der Waals surface area contributed by atoms with Gasteiger partial charge in [-0.2, -0.15) is 0 Å². The summed E-state index contributed by atoms with van der Waals surface area (Å²) in [6, 6.07) is 0. The summed E-state index contributed by atoms with van der Waals surface area (Å²) >= 11 is 0. The second-order valence-corrected chi connectivity index (χ2v) is 1.33. The van der Waals surface area contributed by atoms with Crippen molar-refractivity contribution in [1.82, 2.24) is 9.97 Å². The summed E-state index contributed by atoms with van der Waals surface area (Å²) in [6.07, 6.45) is 2.48. The van der Waals surface area contributed by atoms with Gasteiger partial charge in [-0.1, -0.05) is 0 Å². The Morgan fingerprint density at radius 2 is 2.62 bits per heavy atom. The first-order valence-corrected chi connectivity index (χ1v) is 2.08. The minimum absolute atomic E-state index is 0.0718. The fourth-order valence-corrected chi connectivity index (χ4v) is 0.381. The number of rotatable bonds is 0. The lowest BCUT2D eigenvalue weighted by Gasteiger charge is -1.89. The third kappa shape index (κ3) is 0.932. The minimum Gasteiger partial charge on any atom is -0.382 e. The molecule has 3 heteroatoms. The van der Waals surface area contributed by atoms with E-state index in [0.29, 0.717) is 0 Å². The summed E-state index contributed by atoms with van der Waals surface area (Å²) in [6.45, 7) is -2.22. The van der Waals surface area contributed by atoms with Crippen LogP contribution in [0.2, 0.25) is 0 Å². The molecule has 1 aromatic rings. The average Bonchev–Trinajstić information content (AvgIpc) is 1.86. The maximum absolute atomic E-state index is 6.94. The second-order valence-electron chi connectivity index (χ2n) is 1.33. The zero-order valence-corrected chi connectivity index (χ0v) is 4.13. The van der Waals surface area contributed by atoms with Crippen LogP contribution in [0.5, 0.6) is 0 Å². The molecule has 0 bridgehead atoms. The smallest absolute Gasteiger partial charge is 0.142 e. The number of aromatic nitrogens is 2. The van der Waals surface area contributed by atoms with E-state index in [9.17, 15) is 0 Å². The van der Waals surface area contributed by atoms with Gasteiger partial charge in [0.2, 0.25) is 0 Å². The Kier molecular flexibility index (Phi) is 0.541. The first-order valence-electron chi connectivity index (χ1n) is 3.58. The Hall–Kier alpha value is -1.12. The SMILES string of the molecule is [2H]C([2H])([2H])c1cncc(N)n1. The van der Waals surface area contributed by atoms with Crippen molar-refractivity contribution >= 4 is 5.82 Å². The molecule has 0 aliphatic carbocycles. The van der Waals surface area contributed by atoms with Gasteiger partial charge in [0, 0.05) is 10.3 Å². The average molecular weight is 112 g/mol. The van der Waals surface area contributed by atoms with E-state index in [1.165, 1.54) is 12.4 Å². The number of aryl methyl sites for hydroxylation is 1. The summed E-state index contributed by atoms with van der Waals surface area (Å²) < 4.78 is 20.8. The molecule has 0 radical (unpaired) electrons. The molecule has 1 aromatic heterocycles. The molecule has 0 saturated heterocycles. The Balaban J connectivity index is 3.06. The molecule has 0 saturated carbocycles. The highest BCUT2D eigenvalue weighted by atomic mass is 14.9. The van der Waals surface area contributed by atoms with Crippen LogP contribution >= 0.6 is 0 Å². The van der Waals surface area contributed by atoms with Crippen LogP contribution in [-0.2, 0) is 0 Å². The van der Waals surface area contributed by atoms with Crippen LogP contribution in [0.15, 0.2) is 12.4 Å². The maximum Gasteiger partial charge on any atom is 0.142 e. The topological polar surface area (TPSA) is 51.8 Å². The number of nitrogens with two attached hydrogens (primary N) is 1. The van der Waals surface area contributed by atoms with Gasteiger partial charge < -0.3 is 5.73 Å². The van der Waals surface area contributed by atoms with Crippen molar-refractivity contribution in [1.29, 1.82) is 0 Å². The fraction of sp³-hybridized carbons (Fsp3) is 0.200. The molecule has 8 heavy (non-hydrogen) atoms. The molecule has 0 unspecified atom stereocenters. The van der Waals surface area contributed by atoms with Crippen molar-refractivity contribution in [3.63, 3.8) is 0 Å². The highest BCUT2D eigenvalue weighted by Gasteiger charge is 1.83. The molecular weight excluding hydrogens is 102 g/mol. The standard InChI is InChI=1S/C5H7N3/c1-4-2-7-3-5(6)8-4/h2-3H,1H3,(H2,6,8)/i1D3. The number of nitrogen functional groups attached to an aromatic ring is 1. The molecule has 0 aliphatic heterocycles. The molecule has 2 N–H and O–H groups in total. The van der Waals surface area contributed by atoms with Crippen molar-refractivity contribution in [2.24, 2.45) is 0 Å². The van der Waals surface area contributed by atoms with Crippen LogP contribution in [0.25, 0.3) is 0 Å². The monoisotopic (exact) mass is 112 g/mol. The van der Waals surface area contributed by atoms with E-state index < -0.39 is 6.85 Å². The van der Waals surface area contributed by atoms with Crippen molar-refractivity contribution in [2.45, 2.75) is 6.85 Å². The molecule has 0 fully saturated rings. The first-order chi connectivity index (χ1) is 5.00. The van der Waals surface area contributed by atoms with Gasteiger partial charge in [-0.05, 0) is 6.85 Å². The Bertz CT molecular complexity index is 257. The molecule has 0 aromatic carbocycles. The summed E-state index contributed by atoms with van der Waals surface area (Å²) in [5.74, 6) is 0.124. The zero-order valence-electron chi connectivity index (χ0n) is 7.13.